The standard InChI is InChI=1S/C10H11ClO3/c1-6(12)9-4-8(11)10(14-9)7-2-3-13-5-7/h4,7H,2-3,5H2,1H3. The molecule has 0 aliphatic carbocycles. The highest BCUT2D eigenvalue weighted by Crippen LogP contribution is 2.33. The predicted molar refractivity (Wildman–Crippen MR) is 51.9 cm³/mol. The number of hydrogen-bond acceptors (Lipinski definition) is 3. The molecule has 0 spiro atoms. The lowest BCUT2D eigenvalue weighted by Crippen LogP contribution is -1.96. The third kappa shape index (κ3) is 1.70. The van der Waals surface area contributed by atoms with Crippen molar-refractivity contribution in [2.24, 2.45) is 0 Å². The molecule has 14 heavy (non-hydrogen) atoms. The van der Waals surface area contributed by atoms with Gasteiger partial charge in [-0.3, -0.25) is 4.79 Å². The van der Waals surface area contributed by atoms with Crippen molar-refractivity contribution in [1.82, 2.24) is 0 Å². The Hall–Kier alpha value is -0.800. The summed E-state index contributed by atoms with van der Waals surface area (Å²) in [4.78, 5) is 11.0. The molecule has 2 rings (SSSR count). The number of halogens is 1. The summed E-state index contributed by atoms with van der Waals surface area (Å²) in [5.74, 6) is 1.12. The Kier molecular flexibility index (Phi) is 2.61. The van der Waals surface area contributed by atoms with Gasteiger partial charge in [0.15, 0.2) is 11.5 Å². The number of ketones is 1. The lowest BCUT2D eigenvalue weighted by molar-refractivity contribution is 0.0984. The van der Waals surface area contributed by atoms with Crippen LogP contribution in [0.4, 0.5) is 0 Å². The molecule has 0 saturated carbocycles. The maximum Gasteiger partial charge on any atom is 0.194 e. The number of Topliss-reactive ketones (excluding diaryl/α,β-unsaturated/α-hetero) is 1. The van der Waals surface area contributed by atoms with E-state index in [0.717, 1.165) is 13.0 Å². The summed E-state index contributed by atoms with van der Waals surface area (Å²) in [7, 11) is 0. The molecule has 0 amide bonds. The van der Waals surface area contributed by atoms with E-state index in [2.05, 4.69) is 0 Å². The van der Waals surface area contributed by atoms with E-state index < -0.39 is 0 Å². The molecule has 1 aliphatic rings. The van der Waals surface area contributed by atoms with Gasteiger partial charge in [0.25, 0.3) is 0 Å². The molecule has 76 valence electrons. The summed E-state index contributed by atoms with van der Waals surface area (Å²) in [6, 6.07) is 1.58. The van der Waals surface area contributed by atoms with E-state index in [1.807, 2.05) is 0 Å². The van der Waals surface area contributed by atoms with E-state index in [9.17, 15) is 4.79 Å². The molecule has 1 aromatic heterocycles. The van der Waals surface area contributed by atoms with Crippen molar-refractivity contribution < 1.29 is 13.9 Å². The fourth-order valence-corrected chi connectivity index (χ4v) is 1.87. The molecular formula is C10H11ClO3. The van der Waals surface area contributed by atoms with E-state index in [1.54, 1.807) is 6.07 Å². The topological polar surface area (TPSA) is 39.4 Å². The quantitative estimate of drug-likeness (QED) is 0.711. The number of rotatable bonds is 2. The zero-order chi connectivity index (χ0) is 10.1. The van der Waals surface area contributed by atoms with Crippen LogP contribution in [-0.2, 0) is 4.74 Å². The van der Waals surface area contributed by atoms with Gasteiger partial charge in [0.2, 0.25) is 0 Å². The summed E-state index contributed by atoms with van der Waals surface area (Å²) in [6.07, 6.45) is 0.907. The minimum absolute atomic E-state index is 0.0999. The van der Waals surface area contributed by atoms with Crippen LogP contribution in [0.3, 0.4) is 0 Å². The molecule has 2 heterocycles. The second kappa shape index (κ2) is 3.75. The van der Waals surface area contributed by atoms with Gasteiger partial charge in [-0.05, 0) is 6.42 Å². The van der Waals surface area contributed by atoms with Crippen molar-refractivity contribution in [3.63, 3.8) is 0 Å². The van der Waals surface area contributed by atoms with Gasteiger partial charge >= 0.3 is 0 Å². The van der Waals surface area contributed by atoms with Crippen LogP contribution in [0.2, 0.25) is 5.02 Å². The number of carbonyl (C=O) groups excluding carboxylic acids is 1. The van der Waals surface area contributed by atoms with Crippen molar-refractivity contribution >= 4 is 17.4 Å². The van der Waals surface area contributed by atoms with Crippen molar-refractivity contribution in [3.8, 4) is 0 Å². The van der Waals surface area contributed by atoms with Crippen LogP contribution in [0, 0.1) is 0 Å². The van der Waals surface area contributed by atoms with Gasteiger partial charge in [0.05, 0.1) is 11.6 Å². The second-order valence-corrected chi connectivity index (χ2v) is 3.85. The molecule has 0 bridgehead atoms. The molecule has 1 unspecified atom stereocenters. The van der Waals surface area contributed by atoms with Crippen molar-refractivity contribution in [3.05, 3.63) is 22.6 Å². The second-order valence-electron chi connectivity index (χ2n) is 3.44. The monoisotopic (exact) mass is 214 g/mol. The summed E-state index contributed by atoms with van der Waals surface area (Å²) < 4.78 is 10.6. The first kappa shape index (κ1) is 9.74. The molecule has 1 saturated heterocycles. The van der Waals surface area contributed by atoms with Crippen LogP contribution in [0.15, 0.2) is 10.5 Å². The van der Waals surface area contributed by atoms with E-state index in [1.165, 1.54) is 6.92 Å². The van der Waals surface area contributed by atoms with Crippen LogP contribution >= 0.6 is 11.6 Å². The first-order valence-corrected chi connectivity index (χ1v) is 4.94. The fraction of sp³-hybridized carbons (Fsp3) is 0.500. The molecule has 4 heteroatoms. The minimum Gasteiger partial charge on any atom is -0.456 e. The first-order chi connectivity index (χ1) is 6.68. The molecule has 1 atom stereocenters. The predicted octanol–water partition coefficient (Wildman–Crippen LogP) is 2.64. The van der Waals surface area contributed by atoms with Crippen LogP contribution in [0.25, 0.3) is 0 Å². The third-order valence-electron chi connectivity index (χ3n) is 2.36. The van der Waals surface area contributed by atoms with E-state index in [-0.39, 0.29) is 11.7 Å². The number of ether oxygens (including phenoxy) is 1. The lowest BCUT2D eigenvalue weighted by atomic mass is 10.1. The lowest BCUT2D eigenvalue weighted by Gasteiger charge is -2.02. The van der Waals surface area contributed by atoms with E-state index >= 15 is 0 Å². The SMILES string of the molecule is CC(=O)c1cc(Cl)c(C2CCOC2)o1. The maximum absolute atomic E-state index is 11.0. The summed E-state index contributed by atoms with van der Waals surface area (Å²) in [5, 5.41) is 0.533. The van der Waals surface area contributed by atoms with Gasteiger partial charge < -0.3 is 9.15 Å². The number of furan rings is 1. The van der Waals surface area contributed by atoms with Gasteiger partial charge in [-0.2, -0.15) is 0 Å². The normalized spacial score (nSPS) is 21.4. The number of hydrogen-bond donors (Lipinski definition) is 0. The van der Waals surface area contributed by atoms with Crippen LogP contribution in [-0.4, -0.2) is 19.0 Å². The Morgan fingerprint density at radius 3 is 2.93 bits per heavy atom. The largest absolute Gasteiger partial charge is 0.456 e. The summed E-state index contributed by atoms with van der Waals surface area (Å²) in [5.41, 5.74) is 0. The van der Waals surface area contributed by atoms with Crippen LogP contribution in [0.1, 0.15) is 35.6 Å². The van der Waals surface area contributed by atoms with E-state index in [4.69, 9.17) is 20.8 Å². The van der Waals surface area contributed by atoms with Crippen molar-refractivity contribution in [2.75, 3.05) is 13.2 Å². The Morgan fingerprint density at radius 2 is 2.43 bits per heavy atom. The average Bonchev–Trinajstić information content (AvgIpc) is 2.71. The molecule has 0 radical (unpaired) electrons. The van der Waals surface area contributed by atoms with Gasteiger partial charge in [0, 0.05) is 25.5 Å². The molecule has 1 aliphatic heterocycles. The van der Waals surface area contributed by atoms with Crippen molar-refractivity contribution in [1.29, 1.82) is 0 Å². The zero-order valence-electron chi connectivity index (χ0n) is 7.88. The smallest absolute Gasteiger partial charge is 0.194 e. The minimum atomic E-state index is -0.0999. The number of carbonyl (C=O) groups is 1. The Balaban J connectivity index is 2.28. The average molecular weight is 215 g/mol. The third-order valence-corrected chi connectivity index (χ3v) is 2.66. The molecule has 1 aromatic rings. The highest BCUT2D eigenvalue weighted by Gasteiger charge is 2.25. The first-order valence-electron chi connectivity index (χ1n) is 4.56. The van der Waals surface area contributed by atoms with Crippen molar-refractivity contribution in [2.45, 2.75) is 19.3 Å². The highest BCUT2D eigenvalue weighted by molar-refractivity contribution is 6.31. The van der Waals surface area contributed by atoms with Gasteiger partial charge in [-0.1, -0.05) is 11.6 Å². The zero-order valence-corrected chi connectivity index (χ0v) is 8.63. The van der Waals surface area contributed by atoms with Gasteiger partial charge in [0.1, 0.15) is 5.76 Å². The summed E-state index contributed by atoms with van der Waals surface area (Å²) in [6.45, 7) is 2.83. The molecule has 0 aromatic carbocycles. The highest BCUT2D eigenvalue weighted by atomic mass is 35.5. The van der Waals surface area contributed by atoms with Gasteiger partial charge in [-0.15, -0.1) is 0 Å². The van der Waals surface area contributed by atoms with Crippen LogP contribution in [0.5, 0.6) is 0 Å². The fourth-order valence-electron chi connectivity index (χ4n) is 1.58. The van der Waals surface area contributed by atoms with Gasteiger partial charge in [-0.25, -0.2) is 0 Å². The molecule has 3 nitrogen and oxygen atoms in total. The van der Waals surface area contributed by atoms with E-state index in [0.29, 0.717) is 23.2 Å². The Labute approximate surface area is 87.0 Å². The summed E-state index contributed by atoms with van der Waals surface area (Å²) >= 11 is 5.97. The van der Waals surface area contributed by atoms with Crippen LogP contribution < -0.4 is 0 Å². The maximum atomic E-state index is 11.0. The Morgan fingerprint density at radius 1 is 1.64 bits per heavy atom. The Bertz CT molecular complexity index is 350. The molecule has 0 N–H and O–H groups in total. The molecule has 1 fully saturated rings. The molecular weight excluding hydrogens is 204 g/mol.